The molecule has 0 amide bonds. The van der Waals surface area contributed by atoms with Crippen LogP contribution in [0.4, 0.5) is 0 Å². The van der Waals surface area contributed by atoms with Crippen molar-refractivity contribution in [1.82, 2.24) is 9.78 Å². The first-order valence-corrected chi connectivity index (χ1v) is 6.88. The minimum Gasteiger partial charge on any atom is -0.396 e. The fourth-order valence-corrected chi connectivity index (χ4v) is 2.28. The van der Waals surface area contributed by atoms with Crippen LogP contribution in [-0.2, 0) is 19.4 Å². The van der Waals surface area contributed by atoms with E-state index in [1.807, 2.05) is 17.1 Å². The lowest BCUT2D eigenvalue weighted by atomic mass is 9.98. The van der Waals surface area contributed by atoms with Gasteiger partial charge >= 0.3 is 0 Å². The van der Waals surface area contributed by atoms with E-state index in [1.54, 1.807) is 0 Å². The Morgan fingerprint density at radius 2 is 1.95 bits per heavy atom. The van der Waals surface area contributed by atoms with Gasteiger partial charge in [0, 0.05) is 12.8 Å². The summed E-state index contributed by atoms with van der Waals surface area (Å²) in [5, 5.41) is 13.3. The van der Waals surface area contributed by atoms with Gasteiger partial charge in [-0.05, 0) is 35.4 Å². The van der Waals surface area contributed by atoms with Gasteiger partial charge in [-0.25, -0.2) is 0 Å². The van der Waals surface area contributed by atoms with Crippen LogP contribution in [0.5, 0.6) is 0 Å². The maximum atomic E-state index is 8.92. The minimum absolute atomic E-state index is 0.176. The van der Waals surface area contributed by atoms with Crippen molar-refractivity contribution in [2.45, 2.75) is 33.2 Å². The molecule has 1 heterocycles. The molecule has 102 valence electrons. The molecule has 0 aliphatic carbocycles. The predicted octanol–water partition coefficient (Wildman–Crippen LogP) is 2.66. The van der Waals surface area contributed by atoms with Crippen molar-refractivity contribution in [2.75, 3.05) is 6.61 Å². The minimum atomic E-state index is 0.176. The zero-order valence-corrected chi connectivity index (χ0v) is 11.7. The van der Waals surface area contributed by atoms with Crippen LogP contribution in [0.3, 0.4) is 0 Å². The van der Waals surface area contributed by atoms with Crippen LogP contribution < -0.4 is 0 Å². The van der Waals surface area contributed by atoms with Gasteiger partial charge in [0.05, 0.1) is 12.7 Å². The van der Waals surface area contributed by atoms with Crippen molar-refractivity contribution in [1.29, 1.82) is 0 Å². The van der Waals surface area contributed by atoms with Gasteiger partial charge in [-0.2, -0.15) is 5.10 Å². The van der Waals surface area contributed by atoms with E-state index in [0.717, 1.165) is 18.5 Å². The first-order chi connectivity index (χ1) is 9.19. The second kappa shape index (κ2) is 6.53. The van der Waals surface area contributed by atoms with E-state index in [9.17, 15) is 0 Å². The number of aliphatic hydroxyl groups is 1. The van der Waals surface area contributed by atoms with Crippen molar-refractivity contribution in [3.05, 3.63) is 53.3 Å². The monoisotopic (exact) mass is 258 g/mol. The maximum absolute atomic E-state index is 8.92. The Morgan fingerprint density at radius 1 is 1.21 bits per heavy atom. The summed E-state index contributed by atoms with van der Waals surface area (Å²) in [7, 11) is 0. The van der Waals surface area contributed by atoms with Crippen LogP contribution in [0.2, 0.25) is 0 Å². The number of benzene rings is 1. The topological polar surface area (TPSA) is 38.0 Å². The predicted molar refractivity (Wildman–Crippen MR) is 77.1 cm³/mol. The van der Waals surface area contributed by atoms with E-state index < -0.39 is 0 Å². The summed E-state index contributed by atoms with van der Waals surface area (Å²) in [4.78, 5) is 0. The molecule has 0 saturated heterocycles. The lowest BCUT2D eigenvalue weighted by molar-refractivity contribution is 0.299. The van der Waals surface area contributed by atoms with E-state index >= 15 is 0 Å². The molecule has 1 N–H and O–H groups in total. The molecule has 0 aliphatic rings. The number of aromatic nitrogens is 2. The second-order valence-corrected chi connectivity index (χ2v) is 5.39. The second-order valence-electron chi connectivity index (χ2n) is 5.39. The quantitative estimate of drug-likeness (QED) is 0.865. The van der Waals surface area contributed by atoms with Gasteiger partial charge in [0.1, 0.15) is 0 Å². The fraction of sp³-hybridized carbons (Fsp3) is 0.438. The molecular formula is C16H22N2O. The molecule has 2 aromatic rings. The summed E-state index contributed by atoms with van der Waals surface area (Å²) in [6.45, 7) is 5.46. The van der Waals surface area contributed by atoms with Gasteiger partial charge in [-0.3, -0.25) is 4.68 Å². The Bertz CT molecular complexity index is 517. The number of hydrogen-bond donors (Lipinski definition) is 1. The zero-order chi connectivity index (χ0) is 13.7. The molecule has 0 bridgehead atoms. The molecule has 1 aromatic carbocycles. The smallest absolute Gasteiger partial charge is 0.0662 e. The van der Waals surface area contributed by atoms with Gasteiger partial charge in [0.2, 0.25) is 0 Å². The van der Waals surface area contributed by atoms with Crippen molar-refractivity contribution >= 4 is 0 Å². The van der Waals surface area contributed by atoms with Crippen LogP contribution in [-0.4, -0.2) is 21.5 Å². The highest BCUT2D eigenvalue weighted by molar-refractivity contribution is 5.27. The summed E-state index contributed by atoms with van der Waals surface area (Å²) in [6.07, 6.45) is 5.62. The molecule has 0 fully saturated rings. The van der Waals surface area contributed by atoms with Gasteiger partial charge < -0.3 is 5.11 Å². The number of aliphatic hydroxyl groups excluding tert-OH is 1. The third kappa shape index (κ3) is 3.93. The standard InChI is InChI=1S/C16H22N2O/c1-13(2)9-15-5-3-4-6-16(15)12-18-11-14(7-8-19)10-17-18/h3-6,10-11,13,19H,7-9,12H2,1-2H3. The molecule has 0 aliphatic heterocycles. The zero-order valence-electron chi connectivity index (χ0n) is 11.7. The Kier molecular flexibility index (Phi) is 4.74. The highest BCUT2D eigenvalue weighted by atomic mass is 16.2. The van der Waals surface area contributed by atoms with Crippen LogP contribution in [0.25, 0.3) is 0 Å². The van der Waals surface area contributed by atoms with Crippen molar-refractivity contribution in [2.24, 2.45) is 5.92 Å². The maximum Gasteiger partial charge on any atom is 0.0662 e. The molecule has 0 unspecified atom stereocenters. The third-order valence-corrected chi connectivity index (χ3v) is 3.17. The van der Waals surface area contributed by atoms with Crippen LogP contribution in [0, 0.1) is 5.92 Å². The summed E-state index contributed by atoms with van der Waals surface area (Å²) >= 11 is 0. The molecule has 2 rings (SSSR count). The van der Waals surface area contributed by atoms with Crippen molar-refractivity contribution in [3.63, 3.8) is 0 Å². The van der Waals surface area contributed by atoms with Crippen molar-refractivity contribution < 1.29 is 5.11 Å². The van der Waals surface area contributed by atoms with E-state index in [4.69, 9.17) is 5.11 Å². The van der Waals surface area contributed by atoms with Gasteiger partial charge in [-0.15, -0.1) is 0 Å². The normalized spacial score (nSPS) is 11.2. The van der Waals surface area contributed by atoms with Crippen molar-refractivity contribution in [3.8, 4) is 0 Å². The Hall–Kier alpha value is -1.61. The molecule has 1 aromatic heterocycles. The van der Waals surface area contributed by atoms with Crippen LogP contribution >= 0.6 is 0 Å². The SMILES string of the molecule is CC(C)Cc1ccccc1Cn1cc(CCO)cn1. The fourth-order valence-electron chi connectivity index (χ4n) is 2.28. The lowest BCUT2D eigenvalue weighted by Crippen LogP contribution is -2.05. The Balaban J connectivity index is 2.13. The molecule has 19 heavy (non-hydrogen) atoms. The number of hydrogen-bond acceptors (Lipinski definition) is 2. The number of rotatable bonds is 6. The average molecular weight is 258 g/mol. The van der Waals surface area contributed by atoms with Gasteiger partial charge in [-0.1, -0.05) is 38.1 Å². The van der Waals surface area contributed by atoms with E-state index in [2.05, 4.69) is 43.2 Å². The molecule has 3 nitrogen and oxygen atoms in total. The Morgan fingerprint density at radius 3 is 2.63 bits per heavy atom. The molecule has 3 heteroatoms. The molecule has 0 atom stereocenters. The molecule has 0 saturated carbocycles. The summed E-state index contributed by atoms with van der Waals surface area (Å²) in [6, 6.07) is 8.55. The van der Waals surface area contributed by atoms with E-state index in [1.165, 1.54) is 11.1 Å². The number of nitrogens with zero attached hydrogens (tertiary/aromatic N) is 2. The Labute approximate surface area is 114 Å². The third-order valence-electron chi connectivity index (χ3n) is 3.17. The highest BCUT2D eigenvalue weighted by Crippen LogP contribution is 2.15. The van der Waals surface area contributed by atoms with Crippen LogP contribution in [0.1, 0.15) is 30.5 Å². The summed E-state index contributed by atoms with van der Waals surface area (Å²) in [5.74, 6) is 0.656. The van der Waals surface area contributed by atoms with Crippen LogP contribution in [0.15, 0.2) is 36.7 Å². The molecular weight excluding hydrogens is 236 g/mol. The largest absolute Gasteiger partial charge is 0.396 e. The first kappa shape index (κ1) is 13.8. The first-order valence-electron chi connectivity index (χ1n) is 6.88. The van der Waals surface area contributed by atoms with E-state index in [0.29, 0.717) is 12.3 Å². The molecule has 0 radical (unpaired) electrons. The molecule has 0 spiro atoms. The summed E-state index contributed by atoms with van der Waals surface area (Å²) < 4.78 is 1.95. The van der Waals surface area contributed by atoms with Gasteiger partial charge in [0.25, 0.3) is 0 Å². The van der Waals surface area contributed by atoms with E-state index in [-0.39, 0.29) is 6.61 Å². The lowest BCUT2D eigenvalue weighted by Gasteiger charge is -2.11. The highest BCUT2D eigenvalue weighted by Gasteiger charge is 2.06. The average Bonchev–Trinajstić information content (AvgIpc) is 2.79. The summed E-state index contributed by atoms with van der Waals surface area (Å²) in [5.41, 5.74) is 3.82. The van der Waals surface area contributed by atoms with Gasteiger partial charge in [0.15, 0.2) is 0 Å².